The van der Waals surface area contributed by atoms with Crippen molar-refractivity contribution in [3.8, 4) is 0 Å². The molecule has 1 aromatic carbocycles. The molecule has 1 atom stereocenters. The zero-order chi connectivity index (χ0) is 27.2. The van der Waals surface area contributed by atoms with Gasteiger partial charge in [0.25, 0.3) is 5.91 Å². The van der Waals surface area contributed by atoms with E-state index in [0.717, 1.165) is 18.7 Å². The zero-order valence-electron chi connectivity index (χ0n) is 22.1. The van der Waals surface area contributed by atoms with Gasteiger partial charge in [-0.25, -0.2) is 19.3 Å². The van der Waals surface area contributed by atoms with Crippen LogP contribution in [-0.2, 0) is 6.42 Å². The molecule has 0 unspecified atom stereocenters. The number of hydrogen-bond acceptors (Lipinski definition) is 8. The number of halogens is 1. The molecule has 1 aliphatic rings. The molecule has 4 heterocycles. The third kappa shape index (κ3) is 4.73. The molecule has 0 saturated carbocycles. The molecule has 1 amide bonds. The topological polar surface area (TPSA) is 126 Å². The molecule has 3 aromatic heterocycles. The molecule has 4 aromatic rings. The number of rotatable bonds is 8. The highest BCUT2D eigenvalue weighted by Gasteiger charge is 2.40. The first-order chi connectivity index (χ1) is 18.1. The Bertz CT molecular complexity index is 1500. The highest BCUT2D eigenvalue weighted by Crippen LogP contribution is 2.29. The maximum Gasteiger partial charge on any atom is 0.255 e. The molecule has 0 radical (unpaired) electrons. The number of nitrogens with zero attached hydrogens (tertiary/aromatic N) is 7. The predicted molar refractivity (Wildman–Crippen MR) is 144 cm³/mol. The average molecular weight is 521 g/mol. The lowest BCUT2D eigenvalue weighted by Gasteiger charge is -2.46. The molecule has 1 saturated heterocycles. The van der Waals surface area contributed by atoms with E-state index in [2.05, 4.69) is 20.1 Å². The van der Waals surface area contributed by atoms with E-state index in [-0.39, 0.29) is 23.7 Å². The van der Waals surface area contributed by atoms with E-state index in [9.17, 15) is 14.3 Å². The van der Waals surface area contributed by atoms with Crippen LogP contribution in [0.25, 0.3) is 16.6 Å². The third-order valence-corrected chi connectivity index (χ3v) is 7.55. The lowest BCUT2D eigenvalue weighted by atomic mass is 9.91. The van der Waals surface area contributed by atoms with Crippen molar-refractivity contribution in [2.24, 2.45) is 0 Å². The van der Waals surface area contributed by atoms with Crippen molar-refractivity contribution in [2.75, 3.05) is 30.8 Å². The summed E-state index contributed by atoms with van der Waals surface area (Å²) >= 11 is 0. The first-order valence-electron chi connectivity index (χ1n) is 12.9. The van der Waals surface area contributed by atoms with Gasteiger partial charge < -0.3 is 20.6 Å². The molecule has 10 nitrogen and oxygen atoms in total. The van der Waals surface area contributed by atoms with Gasteiger partial charge in [-0.2, -0.15) is 4.52 Å². The first-order valence-corrected chi connectivity index (χ1v) is 12.9. The first kappa shape index (κ1) is 25.8. The third-order valence-electron chi connectivity index (χ3n) is 7.55. The van der Waals surface area contributed by atoms with Crippen molar-refractivity contribution >= 4 is 34.2 Å². The molecule has 0 spiro atoms. The Morgan fingerprint density at radius 1 is 1.29 bits per heavy atom. The number of fused-ring (bicyclic) bond motifs is 3. The Kier molecular flexibility index (Phi) is 6.64. The van der Waals surface area contributed by atoms with E-state index in [4.69, 9.17) is 5.73 Å². The Morgan fingerprint density at radius 3 is 2.74 bits per heavy atom. The summed E-state index contributed by atoms with van der Waals surface area (Å²) in [6.07, 6.45) is 4.38. The summed E-state index contributed by atoms with van der Waals surface area (Å²) in [5.74, 6) is 1.10. The van der Waals surface area contributed by atoms with Crippen LogP contribution in [0.4, 0.5) is 16.2 Å². The minimum Gasteiger partial charge on any atom is -0.386 e. The summed E-state index contributed by atoms with van der Waals surface area (Å²) in [4.78, 5) is 30.2. The summed E-state index contributed by atoms with van der Waals surface area (Å²) in [6, 6.07) is 6.42. The van der Waals surface area contributed by atoms with E-state index < -0.39 is 5.60 Å². The summed E-state index contributed by atoms with van der Waals surface area (Å²) in [5, 5.41) is 15.3. The van der Waals surface area contributed by atoms with E-state index in [1.54, 1.807) is 31.1 Å². The molecule has 1 fully saturated rings. The van der Waals surface area contributed by atoms with Crippen LogP contribution in [-0.4, -0.2) is 72.3 Å². The van der Waals surface area contributed by atoms with Crippen LogP contribution in [0.5, 0.6) is 0 Å². The number of aryl methyl sites for hydroxylation is 2. The van der Waals surface area contributed by atoms with Gasteiger partial charge in [-0.3, -0.25) is 4.79 Å². The van der Waals surface area contributed by atoms with Crippen molar-refractivity contribution in [1.29, 1.82) is 0 Å². The Hall–Kier alpha value is -3.86. The second kappa shape index (κ2) is 9.79. The molecule has 3 N–H and O–H groups in total. The van der Waals surface area contributed by atoms with Crippen LogP contribution in [0.1, 0.15) is 54.9 Å². The second-order valence-corrected chi connectivity index (χ2v) is 10.3. The number of aliphatic hydroxyl groups is 1. The van der Waals surface area contributed by atoms with E-state index >= 15 is 0 Å². The number of nitrogen functional groups attached to an aromatic ring is 1. The molecule has 0 bridgehead atoms. The van der Waals surface area contributed by atoms with Crippen molar-refractivity contribution in [2.45, 2.75) is 58.1 Å². The molecular weight excluding hydrogens is 487 g/mol. The molecule has 200 valence electrons. The van der Waals surface area contributed by atoms with Gasteiger partial charge in [0.2, 0.25) is 5.95 Å². The number of nitrogens with two attached hydrogens (primary N) is 1. The minimum absolute atomic E-state index is 0.0153. The van der Waals surface area contributed by atoms with Crippen LogP contribution in [0, 0.1) is 12.7 Å². The summed E-state index contributed by atoms with van der Waals surface area (Å²) < 4.78 is 15.5. The van der Waals surface area contributed by atoms with Gasteiger partial charge in [0.15, 0.2) is 11.5 Å². The standard InChI is InChI=1S/C27H33FN8O2/c1-5-27(38)14-35(15-27)22-10-9-18(13-30-22)25(37)34(4)17(3)7-6-8-21-31-24-20-12-19(28)11-16(2)23(20)32-26(29)36(24)33-21/h9-13,17,38H,5-8,14-15H2,1-4H3,(H2,29,32)/t17-/m0/s1. The number of benzene rings is 1. The average Bonchev–Trinajstić information content (AvgIpc) is 3.32. The van der Waals surface area contributed by atoms with Crippen LogP contribution < -0.4 is 10.6 Å². The monoisotopic (exact) mass is 520 g/mol. The Morgan fingerprint density at radius 2 is 2.05 bits per heavy atom. The maximum absolute atomic E-state index is 14.0. The number of amides is 1. The number of β-amino-alcohol motifs (C(OH)–C–C–N with tert-alkyl or cyclic N) is 1. The summed E-state index contributed by atoms with van der Waals surface area (Å²) in [7, 11) is 1.79. The number of aromatic nitrogens is 5. The molecule has 38 heavy (non-hydrogen) atoms. The van der Waals surface area contributed by atoms with Crippen molar-refractivity contribution in [3.63, 3.8) is 0 Å². The fourth-order valence-corrected chi connectivity index (χ4v) is 4.91. The van der Waals surface area contributed by atoms with E-state index in [0.29, 0.717) is 59.4 Å². The molecule has 11 heteroatoms. The van der Waals surface area contributed by atoms with Crippen molar-refractivity contribution in [3.05, 3.63) is 53.2 Å². The van der Waals surface area contributed by atoms with Crippen LogP contribution in [0.3, 0.4) is 0 Å². The van der Waals surface area contributed by atoms with Gasteiger partial charge in [0.1, 0.15) is 11.6 Å². The number of anilines is 2. The van der Waals surface area contributed by atoms with Gasteiger partial charge in [-0.15, -0.1) is 5.10 Å². The normalized spacial score (nSPS) is 15.6. The van der Waals surface area contributed by atoms with E-state index in [1.807, 2.05) is 24.8 Å². The molecule has 0 aliphatic carbocycles. The number of carbonyl (C=O) groups is 1. The lowest BCUT2D eigenvalue weighted by Crippen LogP contribution is -2.61. The number of pyridine rings is 1. The summed E-state index contributed by atoms with van der Waals surface area (Å²) in [6.45, 7) is 6.86. The highest BCUT2D eigenvalue weighted by atomic mass is 19.1. The van der Waals surface area contributed by atoms with Gasteiger partial charge in [-0.05, 0) is 62.9 Å². The smallest absolute Gasteiger partial charge is 0.255 e. The number of carbonyl (C=O) groups excluding carboxylic acids is 1. The molecule has 1 aliphatic heterocycles. The number of hydrogen-bond donors (Lipinski definition) is 2. The fraction of sp³-hybridized carbons (Fsp3) is 0.444. The van der Waals surface area contributed by atoms with E-state index in [1.165, 1.54) is 16.6 Å². The fourth-order valence-electron chi connectivity index (χ4n) is 4.91. The molecular formula is C27H33FN8O2. The van der Waals surface area contributed by atoms with Crippen LogP contribution in [0.2, 0.25) is 0 Å². The van der Waals surface area contributed by atoms with Crippen molar-refractivity contribution in [1.82, 2.24) is 29.5 Å². The Balaban J connectivity index is 1.20. The van der Waals surface area contributed by atoms with Gasteiger partial charge >= 0.3 is 0 Å². The second-order valence-electron chi connectivity index (χ2n) is 10.3. The van der Waals surface area contributed by atoms with Gasteiger partial charge in [-0.1, -0.05) is 6.92 Å². The molecule has 5 rings (SSSR count). The maximum atomic E-state index is 14.0. The lowest BCUT2D eigenvalue weighted by molar-refractivity contribution is 0.00805. The predicted octanol–water partition coefficient (Wildman–Crippen LogP) is 3.15. The van der Waals surface area contributed by atoms with Gasteiger partial charge in [0, 0.05) is 44.2 Å². The largest absolute Gasteiger partial charge is 0.386 e. The Labute approximate surface area is 220 Å². The van der Waals surface area contributed by atoms with Crippen LogP contribution in [0.15, 0.2) is 30.5 Å². The minimum atomic E-state index is -0.640. The zero-order valence-corrected chi connectivity index (χ0v) is 22.1. The van der Waals surface area contributed by atoms with Crippen LogP contribution >= 0.6 is 0 Å². The van der Waals surface area contributed by atoms with Gasteiger partial charge in [0.05, 0.1) is 16.7 Å². The quantitative estimate of drug-likeness (QED) is 0.363. The summed E-state index contributed by atoms with van der Waals surface area (Å²) in [5.41, 5.74) is 7.76. The van der Waals surface area contributed by atoms with Crippen molar-refractivity contribution < 1.29 is 14.3 Å². The highest BCUT2D eigenvalue weighted by molar-refractivity contribution is 5.94. The SMILES string of the molecule is CCC1(O)CN(c2ccc(C(=O)N(C)[C@@H](C)CCCc3nc4c5cc(F)cc(C)c5nc(N)n4n3)cn2)C1.